The number of ketones is 1. The molecule has 0 aliphatic carbocycles. The van der Waals surface area contributed by atoms with E-state index in [-0.39, 0.29) is 17.5 Å². The SMILES string of the molecule is CCCCC(=O)CCC(c1ccc(Cl)cc1)c1ccc2cccnc2c1O. The number of benzene rings is 2. The number of pyridine rings is 1. The number of aromatic hydroxyl groups is 1. The second-order valence-corrected chi connectivity index (χ2v) is 7.30. The van der Waals surface area contributed by atoms with E-state index < -0.39 is 0 Å². The van der Waals surface area contributed by atoms with Crippen molar-refractivity contribution in [2.45, 2.75) is 44.9 Å². The Morgan fingerprint density at radius 2 is 1.89 bits per heavy atom. The summed E-state index contributed by atoms with van der Waals surface area (Å²) in [7, 11) is 0. The van der Waals surface area contributed by atoms with E-state index in [1.165, 1.54) is 0 Å². The van der Waals surface area contributed by atoms with Crippen LogP contribution in [-0.2, 0) is 4.79 Å². The second kappa shape index (κ2) is 9.01. The third-order valence-corrected chi connectivity index (χ3v) is 5.20. The van der Waals surface area contributed by atoms with Gasteiger partial charge >= 0.3 is 0 Å². The first-order chi connectivity index (χ1) is 13.1. The monoisotopic (exact) mass is 381 g/mol. The number of phenols is 1. The van der Waals surface area contributed by atoms with E-state index >= 15 is 0 Å². The van der Waals surface area contributed by atoms with Crippen molar-refractivity contribution in [2.75, 3.05) is 0 Å². The van der Waals surface area contributed by atoms with Gasteiger partial charge in [0.05, 0.1) is 0 Å². The molecule has 0 saturated carbocycles. The number of Topliss-reactive ketones (excluding diaryl/α,β-unsaturated/α-hetero) is 1. The molecule has 1 atom stereocenters. The van der Waals surface area contributed by atoms with Crippen molar-refractivity contribution in [1.29, 1.82) is 0 Å². The molecule has 0 aliphatic heterocycles. The number of halogens is 1. The third kappa shape index (κ3) is 4.67. The van der Waals surface area contributed by atoms with Gasteiger partial charge in [0.2, 0.25) is 0 Å². The minimum absolute atomic E-state index is 0.0840. The smallest absolute Gasteiger partial charge is 0.145 e. The molecular weight excluding hydrogens is 358 g/mol. The predicted molar refractivity (Wildman–Crippen MR) is 110 cm³/mol. The number of carbonyl (C=O) groups excluding carboxylic acids is 1. The second-order valence-electron chi connectivity index (χ2n) is 6.86. The number of carbonyl (C=O) groups is 1. The summed E-state index contributed by atoms with van der Waals surface area (Å²) in [5.74, 6) is 0.377. The molecular formula is C23H24ClNO2. The molecule has 1 heterocycles. The number of nitrogens with zero attached hydrogens (tertiary/aromatic N) is 1. The summed E-state index contributed by atoms with van der Waals surface area (Å²) < 4.78 is 0. The summed E-state index contributed by atoms with van der Waals surface area (Å²) in [5.41, 5.74) is 2.42. The van der Waals surface area contributed by atoms with Crippen LogP contribution in [-0.4, -0.2) is 15.9 Å². The van der Waals surface area contributed by atoms with Gasteiger partial charge in [0, 0.05) is 40.9 Å². The maximum Gasteiger partial charge on any atom is 0.145 e. The molecule has 3 rings (SSSR count). The highest BCUT2D eigenvalue weighted by molar-refractivity contribution is 6.30. The Morgan fingerprint density at radius 3 is 2.63 bits per heavy atom. The summed E-state index contributed by atoms with van der Waals surface area (Å²) in [6.07, 6.45) is 5.38. The van der Waals surface area contributed by atoms with Crippen molar-refractivity contribution in [3.05, 3.63) is 70.9 Å². The molecule has 0 amide bonds. The zero-order valence-electron chi connectivity index (χ0n) is 15.5. The Kier molecular flexibility index (Phi) is 6.46. The average molecular weight is 382 g/mol. The number of unbranched alkanes of at least 4 members (excludes halogenated alkanes) is 1. The predicted octanol–water partition coefficient (Wildman–Crippen LogP) is 6.27. The van der Waals surface area contributed by atoms with Crippen LogP contribution in [0, 0.1) is 0 Å². The first-order valence-corrected chi connectivity index (χ1v) is 9.81. The van der Waals surface area contributed by atoms with Gasteiger partial charge in [-0.15, -0.1) is 0 Å². The van der Waals surface area contributed by atoms with Crippen LogP contribution in [0.4, 0.5) is 0 Å². The molecule has 1 N–H and O–H groups in total. The highest BCUT2D eigenvalue weighted by Crippen LogP contribution is 2.38. The van der Waals surface area contributed by atoms with E-state index in [0.29, 0.717) is 29.8 Å². The van der Waals surface area contributed by atoms with Gasteiger partial charge in [-0.25, -0.2) is 0 Å². The Bertz CT molecular complexity index is 921. The van der Waals surface area contributed by atoms with Gasteiger partial charge in [0.15, 0.2) is 0 Å². The van der Waals surface area contributed by atoms with Crippen molar-refractivity contribution < 1.29 is 9.90 Å². The Hall–Kier alpha value is -2.39. The zero-order valence-corrected chi connectivity index (χ0v) is 16.2. The lowest BCUT2D eigenvalue weighted by atomic mass is 9.85. The van der Waals surface area contributed by atoms with Crippen LogP contribution in [0.1, 0.15) is 56.1 Å². The zero-order chi connectivity index (χ0) is 19.2. The van der Waals surface area contributed by atoms with Crippen LogP contribution < -0.4 is 0 Å². The van der Waals surface area contributed by atoms with Crippen molar-refractivity contribution >= 4 is 28.3 Å². The van der Waals surface area contributed by atoms with E-state index in [4.69, 9.17) is 11.6 Å². The number of phenolic OH excluding ortho intramolecular Hbond substituents is 1. The summed E-state index contributed by atoms with van der Waals surface area (Å²) in [5, 5.41) is 12.4. The van der Waals surface area contributed by atoms with Crippen molar-refractivity contribution in [2.24, 2.45) is 0 Å². The largest absolute Gasteiger partial charge is 0.505 e. The molecule has 3 nitrogen and oxygen atoms in total. The summed E-state index contributed by atoms with van der Waals surface area (Å²) in [6.45, 7) is 2.09. The number of rotatable bonds is 8. The number of hydrogen-bond donors (Lipinski definition) is 1. The van der Waals surface area contributed by atoms with E-state index in [1.807, 2.05) is 48.5 Å². The molecule has 27 heavy (non-hydrogen) atoms. The lowest BCUT2D eigenvalue weighted by molar-refractivity contribution is -0.119. The Morgan fingerprint density at radius 1 is 1.11 bits per heavy atom. The van der Waals surface area contributed by atoms with E-state index in [9.17, 15) is 9.90 Å². The quantitative estimate of drug-likeness (QED) is 0.500. The maximum atomic E-state index is 12.2. The van der Waals surface area contributed by atoms with Crippen LogP contribution in [0.2, 0.25) is 5.02 Å². The number of fused-ring (bicyclic) bond motifs is 1. The summed E-state index contributed by atoms with van der Waals surface area (Å²) in [6, 6.07) is 15.3. The molecule has 0 fully saturated rings. The van der Waals surface area contributed by atoms with Crippen LogP contribution in [0.15, 0.2) is 54.7 Å². The van der Waals surface area contributed by atoms with Gasteiger partial charge in [-0.05, 0) is 36.6 Å². The van der Waals surface area contributed by atoms with Crippen LogP contribution in [0.25, 0.3) is 10.9 Å². The minimum atomic E-state index is -0.0840. The van der Waals surface area contributed by atoms with Gasteiger partial charge in [-0.2, -0.15) is 0 Å². The fraction of sp³-hybridized carbons (Fsp3) is 0.304. The van der Waals surface area contributed by atoms with Gasteiger partial charge in [-0.3, -0.25) is 9.78 Å². The molecule has 140 valence electrons. The fourth-order valence-electron chi connectivity index (χ4n) is 3.43. The molecule has 4 heteroatoms. The normalized spacial score (nSPS) is 12.2. The van der Waals surface area contributed by atoms with E-state index in [2.05, 4.69) is 11.9 Å². The van der Waals surface area contributed by atoms with Crippen molar-refractivity contribution in [1.82, 2.24) is 4.98 Å². The van der Waals surface area contributed by atoms with Gasteiger partial charge in [0.25, 0.3) is 0 Å². The molecule has 3 aromatic rings. The minimum Gasteiger partial charge on any atom is -0.505 e. The summed E-state index contributed by atoms with van der Waals surface area (Å²) >= 11 is 6.04. The molecule has 0 saturated heterocycles. The topological polar surface area (TPSA) is 50.2 Å². The standard InChI is InChI=1S/C23H24ClNO2/c1-2-3-6-19(26)12-14-20(16-7-10-18(24)11-8-16)21-13-9-17-5-4-15-25-22(17)23(21)27/h4-5,7-11,13,15,20,27H,2-3,6,12,14H2,1H3. The fourth-order valence-corrected chi connectivity index (χ4v) is 3.55. The maximum absolute atomic E-state index is 12.2. The number of aromatic nitrogens is 1. The van der Waals surface area contributed by atoms with E-state index in [0.717, 1.165) is 29.4 Å². The highest BCUT2D eigenvalue weighted by atomic mass is 35.5. The molecule has 1 aromatic heterocycles. The van der Waals surface area contributed by atoms with E-state index in [1.54, 1.807) is 6.20 Å². The molecule has 2 aromatic carbocycles. The highest BCUT2D eigenvalue weighted by Gasteiger charge is 2.21. The van der Waals surface area contributed by atoms with Crippen LogP contribution >= 0.6 is 11.6 Å². The van der Waals surface area contributed by atoms with Gasteiger partial charge in [0.1, 0.15) is 17.0 Å². The first kappa shape index (κ1) is 19.4. The molecule has 0 spiro atoms. The van der Waals surface area contributed by atoms with Crippen LogP contribution in [0.5, 0.6) is 5.75 Å². The third-order valence-electron chi connectivity index (χ3n) is 4.95. The van der Waals surface area contributed by atoms with Gasteiger partial charge in [-0.1, -0.05) is 55.3 Å². The Labute approximate surface area is 165 Å². The molecule has 0 bridgehead atoms. The molecule has 0 radical (unpaired) electrons. The van der Waals surface area contributed by atoms with Gasteiger partial charge < -0.3 is 5.11 Å². The lowest BCUT2D eigenvalue weighted by Gasteiger charge is -2.20. The first-order valence-electron chi connectivity index (χ1n) is 9.44. The Balaban J connectivity index is 1.95. The lowest BCUT2D eigenvalue weighted by Crippen LogP contribution is -2.06. The average Bonchev–Trinajstić information content (AvgIpc) is 2.69. The number of hydrogen-bond acceptors (Lipinski definition) is 3. The molecule has 0 aliphatic rings. The van der Waals surface area contributed by atoms with Crippen LogP contribution in [0.3, 0.4) is 0 Å². The molecule has 1 unspecified atom stereocenters. The van der Waals surface area contributed by atoms with Crippen molar-refractivity contribution in [3.63, 3.8) is 0 Å². The van der Waals surface area contributed by atoms with Crippen molar-refractivity contribution in [3.8, 4) is 5.75 Å². The summed E-state index contributed by atoms with van der Waals surface area (Å²) in [4.78, 5) is 16.6.